The fourth-order valence-corrected chi connectivity index (χ4v) is 4.39. The van der Waals surface area contributed by atoms with E-state index in [1.165, 1.54) is 26.4 Å². The van der Waals surface area contributed by atoms with Crippen LogP contribution in [0.25, 0.3) is 0 Å². The van der Waals surface area contributed by atoms with Gasteiger partial charge in [-0.25, -0.2) is 4.79 Å². The van der Waals surface area contributed by atoms with Crippen LogP contribution >= 0.6 is 0 Å². The first-order valence-electron chi connectivity index (χ1n) is 11.3. The van der Waals surface area contributed by atoms with E-state index in [-0.39, 0.29) is 24.4 Å². The number of hydrogen-bond donors (Lipinski definition) is 1. The Balaban J connectivity index is 1.72. The summed E-state index contributed by atoms with van der Waals surface area (Å²) in [6.07, 6.45) is -4.69. The maximum Gasteiger partial charge on any atom is 0.416 e. The number of carbonyl (C=O) groups is 1. The first kappa shape index (κ1) is 28.6. The van der Waals surface area contributed by atoms with Gasteiger partial charge in [-0.1, -0.05) is 18.2 Å². The van der Waals surface area contributed by atoms with Crippen LogP contribution in [0.2, 0.25) is 0 Å². The molecule has 0 radical (unpaired) electrons. The number of alkyl halides is 3. The molecule has 204 valence electrons. The van der Waals surface area contributed by atoms with E-state index < -0.39 is 26.8 Å². The lowest BCUT2D eigenvalue weighted by atomic mass is 10.2. The Morgan fingerprint density at radius 2 is 1.53 bits per heavy atom. The van der Waals surface area contributed by atoms with E-state index in [0.29, 0.717) is 28.8 Å². The van der Waals surface area contributed by atoms with Crippen molar-refractivity contribution < 1.29 is 40.0 Å². The number of carbonyl (C=O) groups excluding carboxylic acids is 1. The summed E-state index contributed by atoms with van der Waals surface area (Å²) in [7, 11) is -1.50. The smallest absolute Gasteiger partial charge is 0.416 e. The minimum absolute atomic E-state index is 0.0878. The van der Waals surface area contributed by atoms with E-state index in [4.69, 9.17) is 13.7 Å². The number of halogens is 3. The Kier molecular flexibility index (Phi) is 8.77. The van der Waals surface area contributed by atoms with Crippen molar-refractivity contribution >= 4 is 21.8 Å². The number of nitrogens with one attached hydrogen (secondary N) is 1. The van der Waals surface area contributed by atoms with Crippen LogP contribution in [0.4, 0.5) is 23.7 Å². The van der Waals surface area contributed by atoms with Gasteiger partial charge in [0.1, 0.15) is 22.1 Å². The molecule has 8 nitrogen and oxygen atoms in total. The van der Waals surface area contributed by atoms with Gasteiger partial charge in [-0.15, -0.1) is 0 Å². The van der Waals surface area contributed by atoms with E-state index in [1.807, 2.05) is 13.8 Å². The maximum atomic E-state index is 13.0. The molecule has 0 aliphatic heterocycles. The second-order valence-electron chi connectivity index (χ2n) is 8.46. The fraction of sp³-hybridized carbons (Fsp3) is 0.269. The number of amides is 2. The Morgan fingerprint density at radius 3 is 2.05 bits per heavy atom. The zero-order valence-electron chi connectivity index (χ0n) is 21.1. The van der Waals surface area contributed by atoms with Crippen molar-refractivity contribution in [1.82, 2.24) is 4.90 Å². The maximum absolute atomic E-state index is 13.0. The molecule has 3 aromatic carbocycles. The molecule has 3 aromatic rings. The molecule has 0 aromatic heterocycles. The van der Waals surface area contributed by atoms with E-state index in [2.05, 4.69) is 5.32 Å². The van der Waals surface area contributed by atoms with Crippen molar-refractivity contribution in [3.8, 4) is 17.2 Å². The lowest BCUT2D eigenvalue weighted by Crippen LogP contribution is -2.39. The molecular formula is C26H27F3N2O6S. The lowest BCUT2D eigenvalue weighted by Gasteiger charge is -2.27. The van der Waals surface area contributed by atoms with Gasteiger partial charge < -0.3 is 23.9 Å². The molecule has 0 heterocycles. The minimum Gasteiger partial charge on any atom is -0.497 e. The van der Waals surface area contributed by atoms with Gasteiger partial charge in [0.25, 0.3) is 0 Å². The van der Waals surface area contributed by atoms with Gasteiger partial charge in [0, 0.05) is 36.5 Å². The second kappa shape index (κ2) is 11.6. The summed E-state index contributed by atoms with van der Waals surface area (Å²) in [5, 5.41) is 2.81. The van der Waals surface area contributed by atoms with Crippen LogP contribution in [0.1, 0.15) is 25.0 Å². The van der Waals surface area contributed by atoms with E-state index in [9.17, 15) is 26.4 Å². The third-order valence-electron chi connectivity index (χ3n) is 5.42. The molecule has 0 atom stereocenters. The van der Waals surface area contributed by atoms with Crippen LogP contribution < -0.4 is 19.0 Å². The summed E-state index contributed by atoms with van der Waals surface area (Å²) in [5.74, 6) is 0.924. The molecule has 3 rings (SSSR count). The van der Waals surface area contributed by atoms with Gasteiger partial charge in [-0.2, -0.15) is 21.6 Å². The Hall–Kier alpha value is -3.93. The number of urea groups is 1. The Morgan fingerprint density at radius 1 is 0.921 bits per heavy atom. The Labute approximate surface area is 219 Å². The van der Waals surface area contributed by atoms with Crippen molar-refractivity contribution in [2.75, 3.05) is 19.5 Å². The number of hydrogen-bond acceptors (Lipinski definition) is 6. The summed E-state index contributed by atoms with van der Waals surface area (Å²) in [4.78, 5) is 14.0. The summed E-state index contributed by atoms with van der Waals surface area (Å²) in [6, 6.07) is 13.6. The normalized spacial score (nSPS) is 11.7. The molecule has 0 bridgehead atoms. The fourth-order valence-electron chi connectivity index (χ4n) is 3.41. The highest BCUT2D eigenvalue weighted by atomic mass is 32.2. The first-order valence-corrected chi connectivity index (χ1v) is 12.7. The third-order valence-corrected chi connectivity index (χ3v) is 6.66. The molecule has 2 amide bonds. The van der Waals surface area contributed by atoms with Crippen molar-refractivity contribution in [3.05, 3.63) is 77.9 Å². The van der Waals surface area contributed by atoms with Crippen molar-refractivity contribution in [2.24, 2.45) is 0 Å². The largest absolute Gasteiger partial charge is 0.497 e. The zero-order valence-corrected chi connectivity index (χ0v) is 21.9. The molecule has 0 fully saturated rings. The van der Waals surface area contributed by atoms with E-state index in [0.717, 1.165) is 18.2 Å². The summed E-state index contributed by atoms with van der Waals surface area (Å²) in [6.45, 7) is 3.86. The highest BCUT2D eigenvalue weighted by Gasteiger charge is 2.32. The average Bonchev–Trinajstić information content (AvgIpc) is 2.87. The van der Waals surface area contributed by atoms with Crippen LogP contribution in [-0.4, -0.2) is 39.6 Å². The summed E-state index contributed by atoms with van der Waals surface area (Å²) >= 11 is 0. The number of anilines is 1. The number of methoxy groups -OCH3 is 2. The molecule has 1 N–H and O–H groups in total. The number of rotatable bonds is 9. The van der Waals surface area contributed by atoms with Crippen LogP contribution in [0.3, 0.4) is 0 Å². The van der Waals surface area contributed by atoms with Crippen molar-refractivity contribution in [3.63, 3.8) is 0 Å². The molecule has 38 heavy (non-hydrogen) atoms. The first-order chi connectivity index (χ1) is 17.8. The van der Waals surface area contributed by atoms with Crippen LogP contribution in [0.5, 0.6) is 17.2 Å². The molecule has 0 saturated heterocycles. The van der Waals surface area contributed by atoms with Gasteiger partial charge in [0.05, 0.1) is 19.8 Å². The monoisotopic (exact) mass is 552 g/mol. The van der Waals surface area contributed by atoms with Crippen molar-refractivity contribution in [2.45, 2.75) is 37.5 Å². The third kappa shape index (κ3) is 7.31. The molecule has 0 unspecified atom stereocenters. The van der Waals surface area contributed by atoms with Gasteiger partial charge in [0.15, 0.2) is 0 Å². The SMILES string of the molecule is COc1cc(NC(=O)N(Cc2ccc(OS(=O)(=O)c3cccc(C(F)(F)F)c3)cc2)C(C)C)cc(OC)c1. The minimum atomic E-state index is -4.69. The number of benzene rings is 3. The number of ether oxygens (including phenoxy) is 2. The number of nitrogens with zero attached hydrogens (tertiary/aromatic N) is 1. The topological polar surface area (TPSA) is 94.2 Å². The van der Waals surface area contributed by atoms with Crippen LogP contribution in [-0.2, 0) is 22.8 Å². The van der Waals surface area contributed by atoms with Crippen molar-refractivity contribution in [1.29, 1.82) is 0 Å². The van der Waals surface area contributed by atoms with Gasteiger partial charge in [0.2, 0.25) is 0 Å². The highest BCUT2D eigenvalue weighted by molar-refractivity contribution is 7.87. The molecule has 0 aliphatic carbocycles. The van der Waals surface area contributed by atoms with Crippen LogP contribution in [0.15, 0.2) is 71.6 Å². The molecule has 0 aliphatic rings. The van der Waals surface area contributed by atoms with Gasteiger partial charge in [-0.3, -0.25) is 0 Å². The van der Waals surface area contributed by atoms with E-state index >= 15 is 0 Å². The zero-order chi connectivity index (χ0) is 28.1. The van der Waals surface area contributed by atoms with Crippen LogP contribution in [0, 0.1) is 0 Å². The summed E-state index contributed by atoms with van der Waals surface area (Å²) in [5.41, 5.74) is 0.0400. The predicted octanol–water partition coefficient (Wildman–Crippen LogP) is 5.93. The van der Waals surface area contributed by atoms with Gasteiger partial charge in [-0.05, 0) is 49.7 Å². The molecular weight excluding hydrogens is 525 g/mol. The lowest BCUT2D eigenvalue weighted by molar-refractivity contribution is -0.137. The average molecular weight is 553 g/mol. The molecule has 0 saturated carbocycles. The predicted molar refractivity (Wildman–Crippen MR) is 135 cm³/mol. The highest BCUT2D eigenvalue weighted by Crippen LogP contribution is 2.31. The Bertz CT molecular complexity index is 1350. The standard InChI is InChI=1S/C26H27F3N2O6S/c1-17(2)31(25(32)30-20-13-22(35-3)15-23(14-20)36-4)16-18-8-10-21(11-9-18)37-38(33,34)24-7-5-6-19(12-24)26(27,28)29/h5-15,17H,16H2,1-4H3,(H,30,32). The second-order valence-corrected chi connectivity index (χ2v) is 10.0. The van der Waals surface area contributed by atoms with E-state index in [1.54, 1.807) is 35.2 Å². The summed E-state index contributed by atoms with van der Waals surface area (Å²) < 4.78 is 79.4. The molecule has 12 heteroatoms. The quantitative estimate of drug-likeness (QED) is 0.331. The molecule has 0 spiro atoms. The van der Waals surface area contributed by atoms with Gasteiger partial charge >= 0.3 is 22.3 Å².